The molecular weight excluding hydrogens is 330 g/mol. The molecule has 142 valence electrons. The lowest BCUT2D eigenvalue weighted by Gasteiger charge is -2.49. The van der Waals surface area contributed by atoms with Gasteiger partial charge in [-0.2, -0.15) is 0 Å². The molecule has 0 bridgehead atoms. The Labute approximate surface area is 155 Å². The quantitative estimate of drug-likeness (QED) is 0.754. The molecule has 2 aliphatic rings. The molecule has 1 heterocycles. The first-order valence-electron chi connectivity index (χ1n) is 9.56. The van der Waals surface area contributed by atoms with Crippen LogP contribution >= 0.6 is 0 Å². The maximum atomic E-state index is 12.7. The van der Waals surface area contributed by atoms with E-state index in [4.69, 9.17) is 0 Å². The minimum absolute atomic E-state index is 0.0213. The van der Waals surface area contributed by atoms with Crippen LogP contribution < -0.4 is 10.6 Å². The summed E-state index contributed by atoms with van der Waals surface area (Å²) in [7, 11) is 0. The Morgan fingerprint density at radius 3 is 2.58 bits per heavy atom. The van der Waals surface area contributed by atoms with Crippen molar-refractivity contribution in [2.45, 2.75) is 57.2 Å². The predicted octanol–water partition coefficient (Wildman–Crippen LogP) is 2.20. The Morgan fingerprint density at radius 2 is 1.96 bits per heavy atom. The first-order chi connectivity index (χ1) is 12.4. The molecule has 0 spiro atoms. The average Bonchev–Trinajstić information content (AvgIpc) is 3.47. The van der Waals surface area contributed by atoms with Crippen LogP contribution in [0.15, 0.2) is 30.3 Å². The molecule has 3 atom stereocenters. The lowest BCUT2D eigenvalue weighted by molar-refractivity contribution is -0.128. The van der Waals surface area contributed by atoms with Crippen molar-refractivity contribution in [3.05, 3.63) is 35.9 Å². The average molecular weight is 359 g/mol. The molecule has 1 aliphatic heterocycles. The summed E-state index contributed by atoms with van der Waals surface area (Å²) in [5, 5.41) is 17.0. The fraction of sp³-hybridized carbons (Fsp3) is 0.600. The number of aliphatic hydroxyl groups is 1. The number of urea groups is 1. The topological polar surface area (TPSA) is 81.7 Å². The monoisotopic (exact) mass is 359 g/mol. The summed E-state index contributed by atoms with van der Waals surface area (Å²) in [6.45, 7) is 4.81. The minimum Gasteiger partial charge on any atom is -0.388 e. The molecule has 0 radical (unpaired) electrons. The highest BCUT2D eigenvalue weighted by molar-refractivity contribution is 5.81. The van der Waals surface area contributed by atoms with E-state index in [1.807, 2.05) is 37.3 Å². The van der Waals surface area contributed by atoms with Gasteiger partial charge in [-0.05, 0) is 38.2 Å². The molecule has 1 aromatic rings. The second kappa shape index (κ2) is 7.66. The third kappa shape index (κ3) is 4.01. The molecule has 26 heavy (non-hydrogen) atoms. The Kier molecular flexibility index (Phi) is 5.51. The molecule has 3 rings (SSSR count). The van der Waals surface area contributed by atoms with E-state index in [9.17, 15) is 14.7 Å². The lowest BCUT2D eigenvalue weighted by atomic mass is 9.79. The van der Waals surface area contributed by atoms with Gasteiger partial charge in [-0.3, -0.25) is 4.79 Å². The number of nitrogens with zero attached hydrogens (tertiary/aromatic N) is 1. The second-order valence-electron chi connectivity index (χ2n) is 7.65. The molecule has 6 heteroatoms. The fourth-order valence-electron chi connectivity index (χ4n) is 3.60. The Hall–Kier alpha value is -2.08. The van der Waals surface area contributed by atoms with Crippen molar-refractivity contribution in [1.82, 2.24) is 15.5 Å². The van der Waals surface area contributed by atoms with E-state index in [2.05, 4.69) is 10.6 Å². The molecule has 3 amide bonds. The number of nitrogens with one attached hydrogen (secondary N) is 2. The van der Waals surface area contributed by atoms with Gasteiger partial charge in [0.1, 0.15) is 0 Å². The molecule has 2 fully saturated rings. The van der Waals surface area contributed by atoms with Crippen molar-refractivity contribution in [3.63, 3.8) is 0 Å². The molecule has 1 aliphatic carbocycles. The maximum absolute atomic E-state index is 12.7. The third-order valence-corrected chi connectivity index (χ3v) is 5.35. The molecule has 0 aromatic heterocycles. The first kappa shape index (κ1) is 18.7. The van der Waals surface area contributed by atoms with Gasteiger partial charge in [0, 0.05) is 19.0 Å². The largest absolute Gasteiger partial charge is 0.388 e. The van der Waals surface area contributed by atoms with Crippen molar-refractivity contribution in [1.29, 1.82) is 0 Å². The highest BCUT2D eigenvalue weighted by Gasteiger charge is 2.48. The van der Waals surface area contributed by atoms with E-state index in [-0.39, 0.29) is 17.9 Å². The van der Waals surface area contributed by atoms with Crippen molar-refractivity contribution >= 4 is 11.9 Å². The van der Waals surface area contributed by atoms with Crippen LogP contribution in [0.1, 0.15) is 51.1 Å². The summed E-state index contributed by atoms with van der Waals surface area (Å²) >= 11 is 0. The van der Waals surface area contributed by atoms with Gasteiger partial charge in [0.2, 0.25) is 5.91 Å². The number of carbonyl (C=O) groups excluding carboxylic acids is 2. The number of likely N-dealkylation sites (tertiary alicyclic amines) is 1. The van der Waals surface area contributed by atoms with Crippen molar-refractivity contribution in [2.24, 2.45) is 5.92 Å². The molecule has 6 nitrogen and oxygen atoms in total. The van der Waals surface area contributed by atoms with E-state index in [0.29, 0.717) is 19.5 Å². The SMILES string of the molecule is CCCNC(=O)N1CCC(C)(O)C(NC(=O)C2CC2)C1c1ccccc1. The Morgan fingerprint density at radius 1 is 1.27 bits per heavy atom. The van der Waals surface area contributed by atoms with Crippen LogP contribution in [-0.4, -0.2) is 46.7 Å². The highest BCUT2D eigenvalue weighted by atomic mass is 16.3. The Bertz CT molecular complexity index is 643. The van der Waals surface area contributed by atoms with Gasteiger partial charge in [0.15, 0.2) is 0 Å². The number of piperidine rings is 1. The fourth-order valence-corrected chi connectivity index (χ4v) is 3.60. The summed E-state index contributed by atoms with van der Waals surface area (Å²) in [6, 6.07) is 8.55. The van der Waals surface area contributed by atoms with E-state index < -0.39 is 17.7 Å². The number of amides is 3. The van der Waals surface area contributed by atoms with Crippen LogP contribution in [0.3, 0.4) is 0 Å². The maximum Gasteiger partial charge on any atom is 0.317 e. The molecule has 1 aromatic carbocycles. The van der Waals surface area contributed by atoms with E-state index in [0.717, 1.165) is 24.8 Å². The smallest absolute Gasteiger partial charge is 0.317 e. The van der Waals surface area contributed by atoms with Crippen LogP contribution in [0.25, 0.3) is 0 Å². The number of benzene rings is 1. The molecular formula is C20H29N3O3. The van der Waals surface area contributed by atoms with Crippen LogP contribution in [0.5, 0.6) is 0 Å². The number of rotatable bonds is 5. The van der Waals surface area contributed by atoms with Gasteiger partial charge >= 0.3 is 6.03 Å². The van der Waals surface area contributed by atoms with Gasteiger partial charge in [-0.1, -0.05) is 37.3 Å². The van der Waals surface area contributed by atoms with Gasteiger partial charge < -0.3 is 20.6 Å². The summed E-state index contributed by atoms with van der Waals surface area (Å²) in [4.78, 5) is 26.9. The van der Waals surface area contributed by atoms with Crippen molar-refractivity contribution < 1.29 is 14.7 Å². The van der Waals surface area contributed by atoms with Crippen LogP contribution in [0.4, 0.5) is 4.79 Å². The third-order valence-electron chi connectivity index (χ3n) is 5.35. The van der Waals surface area contributed by atoms with E-state index >= 15 is 0 Å². The summed E-state index contributed by atoms with van der Waals surface area (Å²) in [5.41, 5.74) is -0.160. The molecule has 3 N–H and O–H groups in total. The zero-order valence-electron chi connectivity index (χ0n) is 15.6. The van der Waals surface area contributed by atoms with E-state index in [1.54, 1.807) is 11.8 Å². The lowest BCUT2D eigenvalue weighted by Crippen LogP contribution is -2.64. The minimum atomic E-state index is -1.08. The molecule has 1 saturated carbocycles. The van der Waals surface area contributed by atoms with Crippen molar-refractivity contribution in [2.75, 3.05) is 13.1 Å². The standard InChI is InChI=1S/C20H29N3O3/c1-3-12-21-19(25)23-13-11-20(2,26)17(22-18(24)15-9-10-15)16(23)14-7-5-4-6-8-14/h4-8,15-17,26H,3,9-13H2,1-2H3,(H,21,25)(H,22,24). The van der Waals surface area contributed by atoms with Crippen molar-refractivity contribution in [3.8, 4) is 0 Å². The van der Waals surface area contributed by atoms with Gasteiger partial charge in [-0.25, -0.2) is 4.79 Å². The van der Waals surface area contributed by atoms with Gasteiger partial charge in [-0.15, -0.1) is 0 Å². The van der Waals surface area contributed by atoms with Crippen LogP contribution in [0.2, 0.25) is 0 Å². The summed E-state index contributed by atoms with van der Waals surface area (Å²) in [6.07, 6.45) is 3.08. The van der Waals surface area contributed by atoms with E-state index in [1.165, 1.54) is 0 Å². The van der Waals surface area contributed by atoms with Gasteiger partial charge in [0.25, 0.3) is 0 Å². The normalized spacial score (nSPS) is 28.5. The predicted molar refractivity (Wildman–Crippen MR) is 99.5 cm³/mol. The summed E-state index contributed by atoms with van der Waals surface area (Å²) in [5.74, 6) is 0.0264. The zero-order valence-corrected chi connectivity index (χ0v) is 15.6. The zero-order chi connectivity index (χ0) is 18.7. The summed E-state index contributed by atoms with van der Waals surface area (Å²) < 4.78 is 0. The van der Waals surface area contributed by atoms with Crippen LogP contribution in [-0.2, 0) is 4.79 Å². The molecule has 1 saturated heterocycles. The van der Waals surface area contributed by atoms with Crippen LogP contribution in [0, 0.1) is 5.92 Å². The second-order valence-corrected chi connectivity index (χ2v) is 7.65. The molecule has 3 unspecified atom stereocenters. The number of carbonyl (C=O) groups is 2. The van der Waals surface area contributed by atoms with Gasteiger partial charge in [0.05, 0.1) is 17.7 Å². The first-order valence-corrected chi connectivity index (χ1v) is 9.56. The Balaban J connectivity index is 1.92. The number of hydrogen-bond donors (Lipinski definition) is 3. The highest BCUT2D eigenvalue weighted by Crippen LogP contribution is 2.38. The number of hydrogen-bond acceptors (Lipinski definition) is 3.